The molecule has 2 heterocycles. The lowest BCUT2D eigenvalue weighted by molar-refractivity contribution is 0.177. The Hall–Kier alpha value is -1.69. The quantitative estimate of drug-likeness (QED) is 0.632. The molecule has 0 fully saturated rings. The summed E-state index contributed by atoms with van der Waals surface area (Å²) >= 11 is 8.14. The molecule has 1 unspecified atom stereocenters. The Morgan fingerprint density at radius 1 is 1.31 bits per heavy atom. The predicted molar refractivity (Wildman–Crippen MR) is 107 cm³/mol. The topological polar surface area (TPSA) is 28.3 Å². The predicted octanol–water partition coefficient (Wildman–Crippen LogP) is 5.56. The van der Waals surface area contributed by atoms with Crippen molar-refractivity contribution in [2.24, 2.45) is 0 Å². The number of fused-ring (bicyclic) bond motifs is 5. The smallest absolute Gasteiger partial charge is 0.130 e. The molecule has 1 aliphatic heterocycles. The molecule has 0 radical (unpaired) electrons. The maximum atomic E-state index is 13.7. The highest BCUT2D eigenvalue weighted by Gasteiger charge is 2.27. The van der Waals surface area contributed by atoms with Crippen molar-refractivity contribution in [1.29, 1.82) is 0 Å². The molecule has 2 aromatic carbocycles. The van der Waals surface area contributed by atoms with Crippen LogP contribution in [-0.2, 0) is 5.75 Å². The zero-order valence-corrected chi connectivity index (χ0v) is 16.5. The molecular formula is C20H20ClFN2OS. The number of hydrogen-bond donors (Lipinski definition) is 1. The fourth-order valence-corrected chi connectivity index (χ4v) is 4.97. The highest BCUT2D eigenvalue weighted by molar-refractivity contribution is 7.98. The summed E-state index contributed by atoms with van der Waals surface area (Å²) in [7, 11) is 4.05. The number of aromatic nitrogens is 1. The fourth-order valence-electron chi connectivity index (χ4n) is 3.51. The summed E-state index contributed by atoms with van der Waals surface area (Å²) in [4.78, 5) is 6.56. The number of thioether (sulfide) groups is 1. The normalized spacial score (nSPS) is 14.4. The monoisotopic (exact) mass is 390 g/mol. The summed E-state index contributed by atoms with van der Waals surface area (Å²) in [5, 5.41) is 1.64. The van der Waals surface area contributed by atoms with Crippen LogP contribution in [0.3, 0.4) is 0 Å². The number of benzene rings is 2. The first kappa shape index (κ1) is 17.7. The van der Waals surface area contributed by atoms with Gasteiger partial charge in [0, 0.05) is 28.1 Å². The summed E-state index contributed by atoms with van der Waals surface area (Å²) in [6.45, 7) is 2.87. The molecule has 3 aromatic rings. The van der Waals surface area contributed by atoms with Crippen LogP contribution in [0.4, 0.5) is 4.39 Å². The minimum Gasteiger partial charge on any atom is -0.489 e. The number of ether oxygens (including phenoxy) is 1. The highest BCUT2D eigenvalue weighted by Crippen LogP contribution is 2.51. The largest absolute Gasteiger partial charge is 0.489 e. The Balaban J connectivity index is 1.86. The lowest BCUT2D eigenvalue weighted by atomic mass is 10.0. The van der Waals surface area contributed by atoms with Crippen LogP contribution in [0.2, 0.25) is 5.02 Å². The summed E-state index contributed by atoms with van der Waals surface area (Å²) in [5.74, 6) is 1.33. The van der Waals surface area contributed by atoms with Gasteiger partial charge in [-0.15, -0.1) is 11.8 Å². The van der Waals surface area contributed by atoms with Gasteiger partial charge in [-0.3, -0.25) is 0 Å². The maximum Gasteiger partial charge on any atom is 0.130 e. The van der Waals surface area contributed by atoms with E-state index in [0.717, 1.165) is 50.7 Å². The zero-order chi connectivity index (χ0) is 18.4. The average molecular weight is 391 g/mol. The van der Waals surface area contributed by atoms with Crippen molar-refractivity contribution in [3.63, 3.8) is 0 Å². The number of H-pyrrole nitrogens is 1. The molecule has 1 atom stereocenters. The van der Waals surface area contributed by atoms with Crippen molar-refractivity contribution >= 4 is 34.3 Å². The Labute approximate surface area is 161 Å². The third-order valence-electron chi connectivity index (χ3n) is 4.50. The molecule has 0 saturated heterocycles. The summed E-state index contributed by atoms with van der Waals surface area (Å²) in [6.07, 6.45) is 0.0347. The van der Waals surface area contributed by atoms with E-state index < -0.39 is 0 Å². The van der Waals surface area contributed by atoms with Crippen LogP contribution < -0.4 is 4.74 Å². The number of nitrogens with zero attached hydrogens (tertiary/aromatic N) is 1. The van der Waals surface area contributed by atoms with E-state index in [4.69, 9.17) is 16.3 Å². The van der Waals surface area contributed by atoms with E-state index in [1.54, 1.807) is 23.9 Å². The average Bonchev–Trinajstić information content (AvgIpc) is 2.94. The van der Waals surface area contributed by atoms with E-state index in [-0.39, 0.29) is 11.9 Å². The summed E-state index contributed by atoms with van der Waals surface area (Å²) in [5.41, 5.74) is 3.99. The van der Waals surface area contributed by atoms with Crippen LogP contribution in [0.15, 0.2) is 35.2 Å². The number of likely N-dealkylation sites (N-methyl/N-ethyl adjacent to an activating group) is 1. The van der Waals surface area contributed by atoms with E-state index in [1.807, 2.05) is 26.2 Å². The number of rotatable bonds is 4. The molecule has 26 heavy (non-hydrogen) atoms. The lowest BCUT2D eigenvalue weighted by Crippen LogP contribution is -2.28. The third kappa shape index (κ3) is 3.08. The van der Waals surface area contributed by atoms with Crippen molar-refractivity contribution in [3.8, 4) is 17.0 Å². The van der Waals surface area contributed by atoms with E-state index in [0.29, 0.717) is 5.02 Å². The first-order valence-corrected chi connectivity index (χ1v) is 9.87. The maximum absolute atomic E-state index is 13.7. The van der Waals surface area contributed by atoms with Gasteiger partial charge in [-0.1, -0.05) is 11.6 Å². The molecule has 3 nitrogen and oxygen atoms in total. The molecule has 1 aliphatic rings. The molecule has 6 heteroatoms. The standard InChI is InChI=1S/C20H20ClFN2OS/c1-11(9-24(2)3)25-17-7-5-15(21)20-18(17)19-14(10-26-20)13-8-12(22)4-6-16(13)23-19/h4-8,11,23H,9-10H2,1-3H3. The molecule has 0 spiro atoms. The van der Waals surface area contributed by atoms with Gasteiger partial charge in [-0.05, 0) is 56.9 Å². The number of aromatic amines is 1. The fraction of sp³-hybridized carbons (Fsp3) is 0.300. The van der Waals surface area contributed by atoms with Gasteiger partial charge in [0.05, 0.1) is 16.3 Å². The van der Waals surface area contributed by atoms with Gasteiger partial charge in [0.15, 0.2) is 0 Å². The van der Waals surface area contributed by atoms with Gasteiger partial charge >= 0.3 is 0 Å². The Morgan fingerprint density at radius 2 is 2.12 bits per heavy atom. The second-order valence-corrected chi connectivity index (χ2v) is 8.29. The van der Waals surface area contributed by atoms with Crippen LogP contribution in [-0.4, -0.2) is 36.6 Å². The molecule has 136 valence electrons. The van der Waals surface area contributed by atoms with Gasteiger partial charge in [-0.25, -0.2) is 4.39 Å². The Kier molecular flexibility index (Phi) is 4.63. The molecule has 1 N–H and O–H groups in total. The van der Waals surface area contributed by atoms with Crippen LogP contribution in [0.1, 0.15) is 12.5 Å². The minimum absolute atomic E-state index is 0.0347. The van der Waals surface area contributed by atoms with Crippen molar-refractivity contribution in [1.82, 2.24) is 9.88 Å². The lowest BCUT2D eigenvalue weighted by Gasteiger charge is -2.24. The zero-order valence-electron chi connectivity index (χ0n) is 14.9. The first-order valence-electron chi connectivity index (χ1n) is 8.51. The minimum atomic E-state index is -0.225. The van der Waals surface area contributed by atoms with E-state index in [1.165, 1.54) is 6.07 Å². The van der Waals surface area contributed by atoms with Crippen molar-refractivity contribution in [2.45, 2.75) is 23.7 Å². The van der Waals surface area contributed by atoms with Crippen molar-refractivity contribution in [2.75, 3.05) is 20.6 Å². The Morgan fingerprint density at radius 3 is 2.88 bits per heavy atom. The van der Waals surface area contributed by atoms with Crippen molar-refractivity contribution in [3.05, 3.63) is 46.7 Å². The van der Waals surface area contributed by atoms with Gasteiger partial charge < -0.3 is 14.6 Å². The molecule has 1 aromatic heterocycles. The second kappa shape index (κ2) is 6.80. The van der Waals surface area contributed by atoms with Crippen LogP contribution in [0.5, 0.6) is 5.75 Å². The SMILES string of the molecule is CC(CN(C)C)Oc1ccc(Cl)c2c1-c1[nH]c3ccc(F)cc3c1CS2. The van der Waals surface area contributed by atoms with Crippen LogP contribution in [0, 0.1) is 5.82 Å². The van der Waals surface area contributed by atoms with Crippen LogP contribution >= 0.6 is 23.4 Å². The van der Waals surface area contributed by atoms with Gasteiger partial charge in [-0.2, -0.15) is 0 Å². The van der Waals surface area contributed by atoms with E-state index >= 15 is 0 Å². The summed E-state index contributed by atoms with van der Waals surface area (Å²) < 4.78 is 20.0. The molecule has 0 amide bonds. The Bertz CT molecular complexity index is 986. The van der Waals surface area contributed by atoms with E-state index in [9.17, 15) is 4.39 Å². The third-order valence-corrected chi connectivity index (χ3v) is 6.07. The number of hydrogen-bond acceptors (Lipinski definition) is 3. The van der Waals surface area contributed by atoms with Crippen LogP contribution in [0.25, 0.3) is 22.2 Å². The van der Waals surface area contributed by atoms with Crippen molar-refractivity contribution < 1.29 is 9.13 Å². The number of nitrogens with one attached hydrogen (secondary N) is 1. The second-order valence-electron chi connectivity index (χ2n) is 6.90. The molecule has 0 bridgehead atoms. The summed E-state index contributed by atoms with van der Waals surface area (Å²) in [6, 6.07) is 8.67. The number of halogens is 2. The first-order chi connectivity index (χ1) is 12.4. The van der Waals surface area contributed by atoms with E-state index in [2.05, 4.69) is 16.8 Å². The molecule has 0 aliphatic carbocycles. The molecular weight excluding hydrogens is 371 g/mol. The molecule has 0 saturated carbocycles. The van der Waals surface area contributed by atoms with Gasteiger partial charge in [0.2, 0.25) is 0 Å². The van der Waals surface area contributed by atoms with Gasteiger partial charge in [0.1, 0.15) is 17.7 Å². The highest BCUT2D eigenvalue weighted by atomic mass is 35.5. The molecule has 4 rings (SSSR count). The van der Waals surface area contributed by atoms with Gasteiger partial charge in [0.25, 0.3) is 0 Å².